The Bertz CT molecular complexity index is 218. The first-order chi connectivity index (χ1) is 7.59. The maximum absolute atomic E-state index is 11.4. The van der Waals surface area contributed by atoms with Gasteiger partial charge in [0.05, 0.1) is 18.8 Å². The first-order valence-electron chi connectivity index (χ1n) is 6.16. The number of aliphatic hydroxyl groups is 1. The van der Waals surface area contributed by atoms with Crippen LogP contribution in [0.15, 0.2) is 0 Å². The highest BCUT2D eigenvalue weighted by Gasteiger charge is 2.25. The molecule has 4 nitrogen and oxygen atoms in total. The molecule has 1 rings (SSSR count). The van der Waals surface area contributed by atoms with E-state index < -0.39 is 0 Å². The van der Waals surface area contributed by atoms with E-state index in [4.69, 9.17) is 4.74 Å². The van der Waals surface area contributed by atoms with E-state index in [2.05, 4.69) is 5.32 Å². The number of ether oxygens (including phenoxy) is 1. The van der Waals surface area contributed by atoms with Gasteiger partial charge in [-0.3, -0.25) is 4.79 Å². The second kappa shape index (κ2) is 6.86. The summed E-state index contributed by atoms with van der Waals surface area (Å²) in [5.74, 6) is 0.259. The molecule has 2 atom stereocenters. The summed E-state index contributed by atoms with van der Waals surface area (Å²) in [6, 6.07) is 0. The molecule has 1 fully saturated rings. The number of nitrogens with one attached hydrogen (secondary N) is 1. The molecule has 4 heteroatoms. The molecule has 2 unspecified atom stereocenters. The Morgan fingerprint density at radius 1 is 1.50 bits per heavy atom. The van der Waals surface area contributed by atoms with Gasteiger partial charge < -0.3 is 15.2 Å². The fourth-order valence-corrected chi connectivity index (χ4v) is 1.98. The standard InChI is InChI=1S/C12H23NO3/c1-9(2)16-7-6-12(15)13-8-10-4-3-5-11(10)14/h9-11,14H,3-8H2,1-2H3,(H,13,15). The smallest absolute Gasteiger partial charge is 0.222 e. The minimum atomic E-state index is -0.229. The largest absolute Gasteiger partial charge is 0.393 e. The Hall–Kier alpha value is -0.610. The highest BCUT2D eigenvalue weighted by atomic mass is 16.5. The van der Waals surface area contributed by atoms with E-state index in [1.165, 1.54) is 0 Å². The second-order valence-corrected chi connectivity index (χ2v) is 4.73. The Morgan fingerprint density at radius 3 is 2.81 bits per heavy atom. The highest BCUT2D eigenvalue weighted by molar-refractivity contribution is 5.75. The summed E-state index contributed by atoms with van der Waals surface area (Å²) in [6.45, 7) is 4.97. The van der Waals surface area contributed by atoms with Crippen molar-refractivity contribution in [2.45, 2.75) is 51.7 Å². The van der Waals surface area contributed by atoms with E-state index in [1.807, 2.05) is 13.8 Å². The SMILES string of the molecule is CC(C)OCCC(=O)NCC1CCCC1O. The molecule has 16 heavy (non-hydrogen) atoms. The number of carbonyl (C=O) groups is 1. The van der Waals surface area contributed by atoms with E-state index in [1.54, 1.807) is 0 Å². The molecule has 2 N–H and O–H groups in total. The topological polar surface area (TPSA) is 58.6 Å². The van der Waals surface area contributed by atoms with Crippen LogP contribution >= 0.6 is 0 Å². The summed E-state index contributed by atoms with van der Waals surface area (Å²) in [7, 11) is 0. The third-order valence-corrected chi connectivity index (χ3v) is 2.96. The lowest BCUT2D eigenvalue weighted by atomic mass is 10.1. The Balaban J connectivity index is 2.05. The lowest BCUT2D eigenvalue weighted by molar-refractivity contribution is -0.122. The van der Waals surface area contributed by atoms with Crippen molar-refractivity contribution in [2.75, 3.05) is 13.2 Å². The molecule has 0 saturated heterocycles. The van der Waals surface area contributed by atoms with Crippen LogP contribution in [0.3, 0.4) is 0 Å². The molecule has 0 spiro atoms. The summed E-state index contributed by atoms with van der Waals surface area (Å²) < 4.78 is 5.30. The minimum Gasteiger partial charge on any atom is -0.393 e. The average molecular weight is 229 g/mol. The van der Waals surface area contributed by atoms with Crippen molar-refractivity contribution in [3.8, 4) is 0 Å². The summed E-state index contributed by atoms with van der Waals surface area (Å²) in [6.07, 6.45) is 3.30. The number of carbonyl (C=O) groups excluding carboxylic acids is 1. The van der Waals surface area contributed by atoms with Crippen molar-refractivity contribution in [1.29, 1.82) is 0 Å². The van der Waals surface area contributed by atoms with Gasteiger partial charge in [0, 0.05) is 18.9 Å². The molecule has 1 saturated carbocycles. The zero-order valence-corrected chi connectivity index (χ0v) is 10.2. The molecule has 0 bridgehead atoms. The lowest BCUT2D eigenvalue weighted by Gasteiger charge is -2.15. The Labute approximate surface area is 97.4 Å². The number of amides is 1. The third kappa shape index (κ3) is 4.94. The van der Waals surface area contributed by atoms with Gasteiger partial charge in [-0.05, 0) is 26.7 Å². The van der Waals surface area contributed by atoms with Gasteiger partial charge in [0.1, 0.15) is 0 Å². The number of aliphatic hydroxyl groups excluding tert-OH is 1. The predicted molar refractivity (Wildman–Crippen MR) is 62.1 cm³/mol. The summed E-state index contributed by atoms with van der Waals surface area (Å²) >= 11 is 0. The second-order valence-electron chi connectivity index (χ2n) is 4.73. The Morgan fingerprint density at radius 2 is 2.25 bits per heavy atom. The summed E-state index contributed by atoms with van der Waals surface area (Å²) in [5, 5.41) is 12.4. The van der Waals surface area contributed by atoms with Crippen LogP contribution in [0.1, 0.15) is 39.5 Å². The quantitative estimate of drug-likeness (QED) is 0.716. The van der Waals surface area contributed by atoms with Gasteiger partial charge in [-0.25, -0.2) is 0 Å². The molecule has 1 aliphatic carbocycles. The van der Waals surface area contributed by atoms with Crippen molar-refractivity contribution in [2.24, 2.45) is 5.92 Å². The summed E-state index contributed by atoms with van der Waals surface area (Å²) in [4.78, 5) is 11.4. The van der Waals surface area contributed by atoms with Crippen molar-refractivity contribution in [3.63, 3.8) is 0 Å². The molecule has 0 aliphatic heterocycles. The van der Waals surface area contributed by atoms with Gasteiger partial charge in [0.25, 0.3) is 0 Å². The van der Waals surface area contributed by atoms with Crippen LogP contribution in [-0.4, -0.2) is 36.4 Å². The third-order valence-electron chi connectivity index (χ3n) is 2.96. The van der Waals surface area contributed by atoms with E-state index in [0.717, 1.165) is 19.3 Å². The predicted octanol–water partition coefficient (Wildman–Crippen LogP) is 1.08. The van der Waals surface area contributed by atoms with Crippen LogP contribution < -0.4 is 5.32 Å². The average Bonchev–Trinajstić information content (AvgIpc) is 2.60. The van der Waals surface area contributed by atoms with Crippen LogP contribution in [-0.2, 0) is 9.53 Å². The summed E-state index contributed by atoms with van der Waals surface area (Å²) in [5.41, 5.74) is 0. The molecule has 94 valence electrons. The monoisotopic (exact) mass is 229 g/mol. The zero-order chi connectivity index (χ0) is 12.0. The molecule has 0 aromatic rings. The van der Waals surface area contributed by atoms with Gasteiger partial charge >= 0.3 is 0 Å². The highest BCUT2D eigenvalue weighted by Crippen LogP contribution is 2.24. The number of rotatable bonds is 6. The molecular weight excluding hydrogens is 206 g/mol. The van der Waals surface area contributed by atoms with Crippen LogP contribution in [0.2, 0.25) is 0 Å². The molecule has 1 amide bonds. The van der Waals surface area contributed by atoms with Gasteiger partial charge in [0.15, 0.2) is 0 Å². The number of hydrogen-bond donors (Lipinski definition) is 2. The lowest BCUT2D eigenvalue weighted by Crippen LogP contribution is -2.33. The first-order valence-corrected chi connectivity index (χ1v) is 6.16. The van der Waals surface area contributed by atoms with Crippen molar-refractivity contribution < 1.29 is 14.6 Å². The normalized spacial score (nSPS) is 25.0. The number of hydrogen-bond acceptors (Lipinski definition) is 3. The molecule has 1 aliphatic rings. The van der Waals surface area contributed by atoms with E-state index in [-0.39, 0.29) is 24.0 Å². The fraction of sp³-hybridized carbons (Fsp3) is 0.917. The zero-order valence-electron chi connectivity index (χ0n) is 10.2. The minimum absolute atomic E-state index is 0.0137. The van der Waals surface area contributed by atoms with Crippen LogP contribution in [0.4, 0.5) is 0 Å². The molecule has 0 aromatic carbocycles. The van der Waals surface area contributed by atoms with Gasteiger partial charge in [-0.2, -0.15) is 0 Å². The molecule has 0 radical (unpaired) electrons. The van der Waals surface area contributed by atoms with Crippen molar-refractivity contribution in [1.82, 2.24) is 5.32 Å². The maximum atomic E-state index is 11.4. The van der Waals surface area contributed by atoms with Crippen LogP contribution in [0.25, 0.3) is 0 Å². The van der Waals surface area contributed by atoms with Crippen molar-refractivity contribution >= 4 is 5.91 Å². The van der Waals surface area contributed by atoms with Crippen LogP contribution in [0, 0.1) is 5.92 Å². The van der Waals surface area contributed by atoms with E-state index in [0.29, 0.717) is 19.6 Å². The van der Waals surface area contributed by atoms with E-state index in [9.17, 15) is 9.90 Å². The Kier molecular flexibility index (Phi) is 5.77. The first kappa shape index (κ1) is 13.5. The van der Waals surface area contributed by atoms with Gasteiger partial charge in [-0.1, -0.05) is 6.42 Å². The molecule has 0 heterocycles. The van der Waals surface area contributed by atoms with Crippen molar-refractivity contribution in [3.05, 3.63) is 0 Å². The van der Waals surface area contributed by atoms with Gasteiger partial charge in [-0.15, -0.1) is 0 Å². The van der Waals surface area contributed by atoms with Crippen LogP contribution in [0.5, 0.6) is 0 Å². The van der Waals surface area contributed by atoms with Gasteiger partial charge in [0.2, 0.25) is 5.91 Å². The van der Waals surface area contributed by atoms with E-state index >= 15 is 0 Å². The molecular formula is C12H23NO3. The molecule has 0 aromatic heterocycles. The fourth-order valence-electron chi connectivity index (χ4n) is 1.98. The maximum Gasteiger partial charge on any atom is 0.222 e.